The maximum absolute atomic E-state index is 11.0. The van der Waals surface area contributed by atoms with Crippen molar-refractivity contribution in [3.63, 3.8) is 0 Å². The number of likely N-dealkylation sites (tertiary alicyclic amines) is 1. The van der Waals surface area contributed by atoms with E-state index in [0.717, 1.165) is 31.5 Å². The number of aryl methyl sites for hydroxylation is 1. The summed E-state index contributed by atoms with van der Waals surface area (Å²) in [4.78, 5) is 15.1. The third-order valence-electron chi connectivity index (χ3n) is 3.25. The van der Waals surface area contributed by atoms with Gasteiger partial charge in [0.1, 0.15) is 4.88 Å². The van der Waals surface area contributed by atoms with Gasteiger partial charge >= 0.3 is 5.97 Å². The van der Waals surface area contributed by atoms with Gasteiger partial charge in [0.2, 0.25) is 0 Å². The maximum Gasteiger partial charge on any atom is 0.346 e. The van der Waals surface area contributed by atoms with E-state index in [1.807, 2.05) is 6.92 Å². The summed E-state index contributed by atoms with van der Waals surface area (Å²) in [5.74, 6) is -0.227. The molecule has 0 atom stereocenters. The normalized spacial score (nSPS) is 18.9. The van der Waals surface area contributed by atoms with Gasteiger partial charge in [-0.25, -0.2) is 4.79 Å². The molecule has 1 aliphatic heterocycles. The lowest BCUT2D eigenvalue weighted by Crippen LogP contribution is -2.28. The zero-order chi connectivity index (χ0) is 11.7. The standard InChI is InChI=1S/C12H17NO2S/c1-8-7-10(16-11(8)12(14)15)9-3-5-13(2)6-4-9/h7,9H,3-6H2,1-2H3,(H,14,15). The van der Waals surface area contributed by atoms with E-state index in [1.54, 1.807) is 0 Å². The number of thiophene rings is 1. The third kappa shape index (κ3) is 2.28. The van der Waals surface area contributed by atoms with Crippen LogP contribution in [0, 0.1) is 6.92 Å². The lowest BCUT2D eigenvalue weighted by atomic mass is 9.95. The minimum atomic E-state index is -0.790. The second-order valence-corrected chi connectivity index (χ2v) is 5.63. The molecule has 2 rings (SSSR count). The van der Waals surface area contributed by atoms with Crippen molar-refractivity contribution in [2.24, 2.45) is 0 Å². The first kappa shape index (κ1) is 11.6. The number of hydrogen-bond donors (Lipinski definition) is 1. The van der Waals surface area contributed by atoms with Gasteiger partial charge in [-0.2, -0.15) is 0 Å². The van der Waals surface area contributed by atoms with Crippen LogP contribution < -0.4 is 0 Å². The molecule has 1 aromatic rings. The predicted octanol–water partition coefficient (Wildman–Crippen LogP) is 2.56. The van der Waals surface area contributed by atoms with Gasteiger partial charge in [0.05, 0.1) is 0 Å². The Morgan fingerprint density at radius 3 is 2.62 bits per heavy atom. The summed E-state index contributed by atoms with van der Waals surface area (Å²) in [5.41, 5.74) is 0.909. The van der Waals surface area contributed by atoms with E-state index >= 15 is 0 Å². The van der Waals surface area contributed by atoms with E-state index in [2.05, 4.69) is 18.0 Å². The van der Waals surface area contributed by atoms with Crippen molar-refractivity contribution < 1.29 is 9.90 Å². The smallest absolute Gasteiger partial charge is 0.346 e. The van der Waals surface area contributed by atoms with Gasteiger partial charge in [0.25, 0.3) is 0 Å². The van der Waals surface area contributed by atoms with E-state index in [0.29, 0.717) is 10.8 Å². The molecule has 0 radical (unpaired) electrons. The van der Waals surface area contributed by atoms with Crippen LogP contribution in [-0.4, -0.2) is 36.1 Å². The molecule has 0 aliphatic carbocycles. The highest BCUT2D eigenvalue weighted by molar-refractivity contribution is 7.14. The SMILES string of the molecule is Cc1cc(C2CCN(C)CC2)sc1C(=O)O. The molecular weight excluding hydrogens is 222 g/mol. The van der Waals surface area contributed by atoms with Crippen molar-refractivity contribution >= 4 is 17.3 Å². The lowest BCUT2D eigenvalue weighted by Gasteiger charge is -2.28. The van der Waals surface area contributed by atoms with Crippen LogP contribution in [-0.2, 0) is 0 Å². The fourth-order valence-corrected chi connectivity index (χ4v) is 3.39. The number of carbonyl (C=O) groups is 1. The van der Waals surface area contributed by atoms with E-state index in [1.165, 1.54) is 16.2 Å². The Balaban J connectivity index is 2.15. The van der Waals surface area contributed by atoms with Crippen LogP contribution in [0.2, 0.25) is 0 Å². The van der Waals surface area contributed by atoms with Gasteiger partial charge in [-0.05, 0) is 57.5 Å². The molecule has 1 aromatic heterocycles. The fourth-order valence-electron chi connectivity index (χ4n) is 2.21. The second kappa shape index (κ2) is 4.55. The van der Waals surface area contributed by atoms with Crippen molar-refractivity contribution in [3.05, 3.63) is 21.4 Å². The first-order chi connectivity index (χ1) is 7.58. The molecule has 16 heavy (non-hydrogen) atoms. The number of carboxylic acid groups (broad SMARTS) is 1. The second-order valence-electron chi connectivity index (χ2n) is 4.54. The summed E-state index contributed by atoms with van der Waals surface area (Å²) in [5, 5.41) is 9.02. The predicted molar refractivity (Wildman–Crippen MR) is 65.5 cm³/mol. The fraction of sp³-hybridized carbons (Fsp3) is 0.583. The topological polar surface area (TPSA) is 40.5 Å². The molecule has 0 bridgehead atoms. The largest absolute Gasteiger partial charge is 0.477 e. The Kier molecular flexibility index (Phi) is 3.30. The maximum atomic E-state index is 11.0. The van der Waals surface area contributed by atoms with Crippen LogP contribution in [0.3, 0.4) is 0 Å². The highest BCUT2D eigenvalue weighted by Crippen LogP contribution is 2.34. The van der Waals surface area contributed by atoms with Gasteiger partial charge in [-0.3, -0.25) is 0 Å². The molecule has 0 saturated carbocycles. The number of carboxylic acids is 1. The van der Waals surface area contributed by atoms with Gasteiger partial charge in [0, 0.05) is 4.88 Å². The molecule has 0 amide bonds. The van der Waals surface area contributed by atoms with Crippen molar-refractivity contribution in [2.75, 3.05) is 20.1 Å². The van der Waals surface area contributed by atoms with E-state index in [-0.39, 0.29) is 0 Å². The van der Waals surface area contributed by atoms with Crippen molar-refractivity contribution in [1.82, 2.24) is 4.90 Å². The highest BCUT2D eigenvalue weighted by atomic mass is 32.1. The van der Waals surface area contributed by atoms with Crippen LogP contribution in [0.1, 0.15) is 38.9 Å². The minimum absolute atomic E-state index is 0.508. The molecule has 1 saturated heterocycles. The van der Waals surface area contributed by atoms with Gasteiger partial charge in [-0.1, -0.05) is 0 Å². The van der Waals surface area contributed by atoms with Gasteiger partial charge in [-0.15, -0.1) is 11.3 Å². The minimum Gasteiger partial charge on any atom is -0.477 e. The first-order valence-electron chi connectivity index (χ1n) is 5.60. The molecule has 1 fully saturated rings. The zero-order valence-electron chi connectivity index (χ0n) is 9.69. The number of piperidine rings is 1. The molecule has 0 aromatic carbocycles. The average Bonchev–Trinajstić information content (AvgIpc) is 2.61. The van der Waals surface area contributed by atoms with Crippen molar-refractivity contribution in [3.8, 4) is 0 Å². The molecule has 0 spiro atoms. The molecule has 3 nitrogen and oxygen atoms in total. The van der Waals surface area contributed by atoms with Crippen LogP contribution in [0.15, 0.2) is 6.07 Å². The number of rotatable bonds is 2. The van der Waals surface area contributed by atoms with E-state index < -0.39 is 5.97 Å². The van der Waals surface area contributed by atoms with Crippen LogP contribution >= 0.6 is 11.3 Å². The zero-order valence-corrected chi connectivity index (χ0v) is 10.5. The van der Waals surface area contributed by atoms with Crippen molar-refractivity contribution in [1.29, 1.82) is 0 Å². The monoisotopic (exact) mass is 239 g/mol. The Labute approximate surface area is 99.7 Å². The molecule has 0 unspecified atom stereocenters. The summed E-state index contributed by atoms with van der Waals surface area (Å²) in [7, 11) is 2.14. The molecular formula is C12H17NO2S. The van der Waals surface area contributed by atoms with E-state index in [9.17, 15) is 4.79 Å². The van der Waals surface area contributed by atoms with Crippen LogP contribution in [0.5, 0.6) is 0 Å². The molecule has 1 N–H and O–H groups in total. The number of nitrogens with zero attached hydrogens (tertiary/aromatic N) is 1. The molecule has 4 heteroatoms. The summed E-state index contributed by atoms with van der Waals surface area (Å²) in [6, 6.07) is 2.06. The average molecular weight is 239 g/mol. The number of aromatic carboxylic acids is 1. The van der Waals surface area contributed by atoms with Crippen molar-refractivity contribution in [2.45, 2.75) is 25.7 Å². The van der Waals surface area contributed by atoms with Gasteiger partial charge < -0.3 is 10.0 Å². The Morgan fingerprint density at radius 2 is 2.12 bits per heavy atom. The van der Waals surface area contributed by atoms with Gasteiger partial charge in [0.15, 0.2) is 0 Å². The Bertz CT molecular complexity index is 392. The first-order valence-corrected chi connectivity index (χ1v) is 6.41. The number of hydrogen-bond acceptors (Lipinski definition) is 3. The summed E-state index contributed by atoms with van der Waals surface area (Å²) >= 11 is 1.46. The Morgan fingerprint density at radius 1 is 1.50 bits per heavy atom. The summed E-state index contributed by atoms with van der Waals surface area (Å²) < 4.78 is 0. The summed E-state index contributed by atoms with van der Waals surface area (Å²) in [6.07, 6.45) is 2.30. The van der Waals surface area contributed by atoms with Crippen LogP contribution in [0.4, 0.5) is 0 Å². The highest BCUT2D eigenvalue weighted by Gasteiger charge is 2.22. The molecule has 88 valence electrons. The van der Waals surface area contributed by atoms with E-state index in [4.69, 9.17) is 5.11 Å². The summed E-state index contributed by atoms with van der Waals surface area (Å²) in [6.45, 7) is 4.12. The third-order valence-corrected chi connectivity index (χ3v) is 4.64. The molecule has 1 aliphatic rings. The Hall–Kier alpha value is -0.870. The molecule has 2 heterocycles. The van der Waals surface area contributed by atoms with Crippen LogP contribution in [0.25, 0.3) is 0 Å². The lowest BCUT2D eigenvalue weighted by molar-refractivity contribution is 0.0701. The quantitative estimate of drug-likeness (QED) is 0.862.